The summed E-state index contributed by atoms with van der Waals surface area (Å²) in [6, 6.07) is 5.46. The van der Waals surface area contributed by atoms with Gasteiger partial charge in [0.2, 0.25) is 0 Å². The number of aliphatic hydroxyl groups excluding tert-OH is 1. The second kappa shape index (κ2) is 8.20. The van der Waals surface area contributed by atoms with E-state index in [1.165, 1.54) is 0 Å². The number of ether oxygens (including phenoxy) is 1. The molecule has 0 aliphatic rings. The molecule has 5 heteroatoms. The van der Waals surface area contributed by atoms with Crippen LogP contribution in [0.4, 0.5) is 0 Å². The number of rotatable bonds is 8. The first-order valence-corrected chi connectivity index (χ1v) is 7.58. The van der Waals surface area contributed by atoms with Gasteiger partial charge in [-0.15, -0.1) is 0 Å². The van der Waals surface area contributed by atoms with Crippen LogP contribution in [0.25, 0.3) is 0 Å². The Morgan fingerprint density at radius 1 is 1.25 bits per heavy atom. The summed E-state index contributed by atoms with van der Waals surface area (Å²) >= 11 is 12.0. The molecule has 0 saturated carbocycles. The van der Waals surface area contributed by atoms with E-state index in [0.717, 1.165) is 12.0 Å². The van der Waals surface area contributed by atoms with Crippen molar-refractivity contribution in [3.63, 3.8) is 0 Å². The molecule has 0 bridgehead atoms. The Balaban J connectivity index is 2.56. The first kappa shape index (κ1) is 17.7. The minimum Gasteiger partial charge on any atom is -0.389 e. The molecule has 0 spiro atoms. The zero-order valence-electron chi connectivity index (χ0n) is 12.2. The Hall–Kier alpha value is -0.320. The van der Waals surface area contributed by atoms with E-state index in [1.807, 2.05) is 32.9 Å². The third kappa shape index (κ3) is 5.98. The van der Waals surface area contributed by atoms with E-state index in [4.69, 9.17) is 27.9 Å². The van der Waals surface area contributed by atoms with Crippen LogP contribution in [0.2, 0.25) is 10.0 Å². The largest absolute Gasteiger partial charge is 0.389 e. The van der Waals surface area contributed by atoms with Gasteiger partial charge in [-0.25, -0.2) is 0 Å². The zero-order chi connectivity index (χ0) is 15.2. The standard InChI is InChI=1S/C15H23Cl2NO2/c1-4-5-20-10-14(19)9-18-15(2,3)11-6-12(16)8-13(17)7-11/h6-8,14,18-19H,4-5,9-10H2,1-3H3. The summed E-state index contributed by atoms with van der Waals surface area (Å²) in [5.74, 6) is 0. The molecule has 2 N–H and O–H groups in total. The summed E-state index contributed by atoms with van der Waals surface area (Å²) in [6.07, 6.45) is 0.419. The molecule has 114 valence electrons. The van der Waals surface area contributed by atoms with Gasteiger partial charge >= 0.3 is 0 Å². The molecule has 1 aromatic rings. The normalized spacial score (nSPS) is 13.5. The predicted octanol–water partition coefficient (Wildman–Crippen LogP) is 3.61. The second-order valence-corrected chi connectivity index (χ2v) is 6.27. The van der Waals surface area contributed by atoms with Gasteiger partial charge < -0.3 is 15.2 Å². The van der Waals surface area contributed by atoms with Gasteiger partial charge in [-0.05, 0) is 44.0 Å². The molecular weight excluding hydrogens is 297 g/mol. The van der Waals surface area contributed by atoms with Crippen molar-refractivity contribution in [1.29, 1.82) is 0 Å². The number of hydrogen-bond donors (Lipinski definition) is 2. The monoisotopic (exact) mass is 319 g/mol. The van der Waals surface area contributed by atoms with Gasteiger partial charge in [-0.3, -0.25) is 0 Å². The first-order valence-electron chi connectivity index (χ1n) is 6.82. The SMILES string of the molecule is CCCOCC(O)CNC(C)(C)c1cc(Cl)cc(Cl)c1. The third-order valence-electron chi connectivity index (χ3n) is 3.02. The van der Waals surface area contributed by atoms with Crippen LogP contribution in [0.15, 0.2) is 18.2 Å². The molecule has 0 heterocycles. The number of halogens is 2. The second-order valence-electron chi connectivity index (χ2n) is 5.39. The van der Waals surface area contributed by atoms with Crippen molar-refractivity contribution in [3.05, 3.63) is 33.8 Å². The summed E-state index contributed by atoms with van der Waals surface area (Å²) in [4.78, 5) is 0. The van der Waals surface area contributed by atoms with Crippen molar-refractivity contribution >= 4 is 23.2 Å². The lowest BCUT2D eigenvalue weighted by atomic mass is 9.94. The fraction of sp³-hybridized carbons (Fsp3) is 0.600. The number of hydrogen-bond acceptors (Lipinski definition) is 3. The highest BCUT2D eigenvalue weighted by Gasteiger charge is 2.22. The van der Waals surface area contributed by atoms with E-state index in [1.54, 1.807) is 6.07 Å². The maximum absolute atomic E-state index is 9.86. The Morgan fingerprint density at radius 3 is 2.40 bits per heavy atom. The van der Waals surface area contributed by atoms with Crippen molar-refractivity contribution in [2.45, 2.75) is 38.8 Å². The molecule has 1 aromatic carbocycles. The number of benzene rings is 1. The summed E-state index contributed by atoms with van der Waals surface area (Å²) in [5, 5.41) is 14.4. The molecule has 1 atom stereocenters. The zero-order valence-corrected chi connectivity index (χ0v) is 13.8. The van der Waals surface area contributed by atoms with Gasteiger partial charge in [0.25, 0.3) is 0 Å². The Labute approximate surface area is 131 Å². The predicted molar refractivity (Wildman–Crippen MR) is 84.6 cm³/mol. The fourth-order valence-corrected chi connectivity index (χ4v) is 2.34. The van der Waals surface area contributed by atoms with Crippen LogP contribution < -0.4 is 5.32 Å². The van der Waals surface area contributed by atoms with E-state index in [0.29, 0.717) is 29.8 Å². The Bertz CT molecular complexity index is 404. The summed E-state index contributed by atoms with van der Waals surface area (Å²) in [6.45, 7) is 7.54. The Morgan fingerprint density at radius 2 is 1.85 bits per heavy atom. The maximum atomic E-state index is 9.86. The van der Waals surface area contributed by atoms with Gasteiger partial charge in [-0.1, -0.05) is 30.1 Å². The van der Waals surface area contributed by atoms with E-state index < -0.39 is 6.10 Å². The van der Waals surface area contributed by atoms with Crippen molar-refractivity contribution in [2.24, 2.45) is 0 Å². The summed E-state index contributed by atoms with van der Waals surface area (Å²) in [7, 11) is 0. The van der Waals surface area contributed by atoms with Crippen molar-refractivity contribution in [3.8, 4) is 0 Å². The van der Waals surface area contributed by atoms with Crippen molar-refractivity contribution in [1.82, 2.24) is 5.32 Å². The van der Waals surface area contributed by atoms with Crippen LogP contribution in [-0.2, 0) is 10.3 Å². The molecule has 20 heavy (non-hydrogen) atoms. The quantitative estimate of drug-likeness (QED) is 0.719. The first-order chi connectivity index (χ1) is 9.35. The van der Waals surface area contributed by atoms with Crippen LogP contribution in [0.1, 0.15) is 32.8 Å². The highest BCUT2D eigenvalue weighted by molar-refractivity contribution is 6.34. The van der Waals surface area contributed by atoms with Crippen LogP contribution in [0, 0.1) is 0 Å². The molecule has 3 nitrogen and oxygen atoms in total. The number of nitrogens with one attached hydrogen (secondary N) is 1. The highest BCUT2D eigenvalue weighted by atomic mass is 35.5. The molecule has 0 aromatic heterocycles. The van der Waals surface area contributed by atoms with Crippen LogP contribution in [0.5, 0.6) is 0 Å². The molecule has 0 fully saturated rings. The lowest BCUT2D eigenvalue weighted by Crippen LogP contribution is -2.42. The van der Waals surface area contributed by atoms with Crippen LogP contribution in [0.3, 0.4) is 0 Å². The fourth-order valence-electron chi connectivity index (χ4n) is 1.81. The molecule has 0 amide bonds. The topological polar surface area (TPSA) is 41.5 Å². The van der Waals surface area contributed by atoms with Gasteiger partial charge in [0, 0.05) is 28.7 Å². The Kier molecular flexibility index (Phi) is 7.27. The van der Waals surface area contributed by atoms with Crippen molar-refractivity contribution in [2.75, 3.05) is 19.8 Å². The molecule has 0 aliphatic carbocycles. The third-order valence-corrected chi connectivity index (χ3v) is 3.46. The van der Waals surface area contributed by atoms with Gasteiger partial charge in [0.05, 0.1) is 12.7 Å². The number of aliphatic hydroxyl groups is 1. The van der Waals surface area contributed by atoms with Gasteiger partial charge in [-0.2, -0.15) is 0 Å². The maximum Gasteiger partial charge on any atom is 0.0897 e. The average molecular weight is 320 g/mol. The lowest BCUT2D eigenvalue weighted by molar-refractivity contribution is 0.0338. The van der Waals surface area contributed by atoms with Gasteiger partial charge in [0.15, 0.2) is 0 Å². The smallest absolute Gasteiger partial charge is 0.0897 e. The van der Waals surface area contributed by atoms with Crippen molar-refractivity contribution < 1.29 is 9.84 Å². The van der Waals surface area contributed by atoms with Crippen LogP contribution in [-0.4, -0.2) is 31.0 Å². The minimum atomic E-state index is -0.532. The molecular formula is C15H23Cl2NO2. The lowest BCUT2D eigenvalue weighted by Gasteiger charge is -2.28. The molecule has 1 unspecified atom stereocenters. The van der Waals surface area contributed by atoms with Crippen LogP contribution >= 0.6 is 23.2 Å². The summed E-state index contributed by atoms with van der Waals surface area (Å²) < 4.78 is 5.32. The van der Waals surface area contributed by atoms with E-state index in [2.05, 4.69) is 5.32 Å². The molecule has 0 radical (unpaired) electrons. The summed E-state index contributed by atoms with van der Waals surface area (Å²) in [5.41, 5.74) is 0.650. The van der Waals surface area contributed by atoms with E-state index in [-0.39, 0.29) is 5.54 Å². The van der Waals surface area contributed by atoms with E-state index in [9.17, 15) is 5.11 Å². The highest BCUT2D eigenvalue weighted by Crippen LogP contribution is 2.27. The molecule has 0 saturated heterocycles. The minimum absolute atomic E-state index is 0.333. The molecule has 1 rings (SSSR count). The van der Waals surface area contributed by atoms with Gasteiger partial charge in [0.1, 0.15) is 0 Å². The van der Waals surface area contributed by atoms with E-state index >= 15 is 0 Å². The molecule has 0 aliphatic heterocycles. The average Bonchev–Trinajstić information content (AvgIpc) is 2.36.